The van der Waals surface area contributed by atoms with Crippen molar-refractivity contribution in [2.45, 2.75) is 12.7 Å². The lowest BCUT2D eigenvalue weighted by molar-refractivity contribution is -0.137. The summed E-state index contributed by atoms with van der Waals surface area (Å²) in [5.74, 6) is 0.379. The van der Waals surface area contributed by atoms with Crippen LogP contribution in [0.1, 0.15) is 5.56 Å². The van der Waals surface area contributed by atoms with Gasteiger partial charge in [0.05, 0.1) is 28.3 Å². The standard InChI is InChI=1S/C20H13ClF3N3O4/c21-13-3-2-12(20(22,23)24)6-15(13)26-18(28)8-27-9-25-14(7-19(27)29)11-1-4-16-17(5-11)31-10-30-16/h1-7,9H,8,10H2,(H,26,28). The molecule has 1 N–H and O–H groups in total. The van der Waals surface area contributed by atoms with Crippen molar-refractivity contribution < 1.29 is 27.4 Å². The number of carbonyl (C=O) groups is 1. The number of rotatable bonds is 4. The molecule has 1 amide bonds. The highest BCUT2D eigenvalue weighted by Gasteiger charge is 2.31. The summed E-state index contributed by atoms with van der Waals surface area (Å²) >= 11 is 5.87. The fraction of sp³-hybridized carbons (Fsp3) is 0.150. The summed E-state index contributed by atoms with van der Waals surface area (Å²) in [6.07, 6.45) is -3.41. The van der Waals surface area contributed by atoms with E-state index in [0.717, 1.165) is 22.8 Å². The van der Waals surface area contributed by atoms with Gasteiger partial charge in [-0.2, -0.15) is 13.2 Å². The number of alkyl halides is 3. The molecule has 7 nitrogen and oxygen atoms in total. The third-order valence-corrected chi connectivity index (χ3v) is 4.76. The zero-order valence-electron chi connectivity index (χ0n) is 15.6. The molecule has 0 saturated heterocycles. The molecular formula is C20H13ClF3N3O4. The van der Waals surface area contributed by atoms with Gasteiger partial charge in [-0.25, -0.2) is 4.98 Å². The maximum Gasteiger partial charge on any atom is 0.416 e. The van der Waals surface area contributed by atoms with E-state index in [1.165, 1.54) is 12.4 Å². The second kappa shape index (κ2) is 7.95. The van der Waals surface area contributed by atoms with Crippen molar-refractivity contribution in [1.29, 1.82) is 0 Å². The number of benzene rings is 2. The third kappa shape index (κ3) is 4.48. The van der Waals surface area contributed by atoms with E-state index in [0.29, 0.717) is 22.8 Å². The smallest absolute Gasteiger partial charge is 0.416 e. The molecule has 3 aromatic rings. The van der Waals surface area contributed by atoms with Gasteiger partial charge in [0.1, 0.15) is 6.54 Å². The highest BCUT2D eigenvalue weighted by Crippen LogP contribution is 2.35. The molecule has 1 aliphatic heterocycles. The fourth-order valence-electron chi connectivity index (χ4n) is 2.90. The second-order valence-corrected chi connectivity index (χ2v) is 6.96. The highest BCUT2D eigenvalue weighted by atomic mass is 35.5. The number of halogens is 4. The Kier molecular flexibility index (Phi) is 5.32. The molecule has 0 saturated carbocycles. The van der Waals surface area contributed by atoms with Gasteiger partial charge >= 0.3 is 6.18 Å². The quantitative estimate of drug-likeness (QED) is 0.649. The number of hydrogen-bond acceptors (Lipinski definition) is 5. The molecule has 1 aliphatic rings. The summed E-state index contributed by atoms with van der Waals surface area (Å²) in [5.41, 5.74) is -0.707. The van der Waals surface area contributed by atoms with Crippen molar-refractivity contribution >= 4 is 23.2 Å². The second-order valence-electron chi connectivity index (χ2n) is 6.55. The van der Waals surface area contributed by atoms with E-state index in [4.69, 9.17) is 21.1 Å². The van der Waals surface area contributed by atoms with E-state index in [2.05, 4.69) is 10.3 Å². The Bertz CT molecular complexity index is 1230. The molecule has 0 aliphatic carbocycles. The lowest BCUT2D eigenvalue weighted by Crippen LogP contribution is -2.27. The molecule has 0 fully saturated rings. The molecule has 31 heavy (non-hydrogen) atoms. The maximum atomic E-state index is 12.9. The summed E-state index contributed by atoms with van der Waals surface area (Å²) in [7, 11) is 0. The summed E-state index contributed by atoms with van der Waals surface area (Å²) < 4.78 is 50.1. The topological polar surface area (TPSA) is 82.5 Å². The minimum Gasteiger partial charge on any atom is -0.454 e. The normalized spacial score (nSPS) is 12.6. The van der Waals surface area contributed by atoms with Crippen molar-refractivity contribution in [2.24, 2.45) is 0 Å². The predicted octanol–water partition coefficient (Wildman–Crippen LogP) is 3.95. The molecule has 160 valence electrons. The number of amides is 1. The van der Waals surface area contributed by atoms with Crippen LogP contribution in [-0.2, 0) is 17.5 Å². The Morgan fingerprint density at radius 2 is 1.90 bits per heavy atom. The lowest BCUT2D eigenvalue weighted by atomic mass is 10.1. The SMILES string of the molecule is O=C(Cn1cnc(-c2ccc3c(c2)OCO3)cc1=O)Nc1cc(C(F)(F)F)ccc1Cl. The van der Waals surface area contributed by atoms with E-state index in [1.54, 1.807) is 18.2 Å². The molecule has 0 bridgehead atoms. The van der Waals surface area contributed by atoms with Gasteiger partial charge in [-0.3, -0.25) is 14.2 Å². The molecule has 0 spiro atoms. The van der Waals surface area contributed by atoms with Crippen LogP contribution in [0.4, 0.5) is 18.9 Å². The van der Waals surface area contributed by atoms with Crippen molar-refractivity contribution in [2.75, 3.05) is 12.1 Å². The number of anilines is 1. The largest absolute Gasteiger partial charge is 0.454 e. The maximum absolute atomic E-state index is 12.9. The molecule has 0 unspecified atom stereocenters. The Morgan fingerprint density at radius 3 is 2.65 bits per heavy atom. The van der Waals surface area contributed by atoms with Gasteiger partial charge in [-0.15, -0.1) is 0 Å². The van der Waals surface area contributed by atoms with Crippen molar-refractivity contribution in [3.63, 3.8) is 0 Å². The van der Waals surface area contributed by atoms with Crippen molar-refractivity contribution in [1.82, 2.24) is 9.55 Å². The zero-order valence-corrected chi connectivity index (χ0v) is 16.3. The minimum absolute atomic E-state index is 0.0648. The first-order chi connectivity index (χ1) is 14.7. The van der Waals surface area contributed by atoms with Crippen LogP contribution in [0, 0.1) is 0 Å². The third-order valence-electron chi connectivity index (χ3n) is 4.43. The minimum atomic E-state index is -4.59. The van der Waals surface area contributed by atoms with Crippen LogP contribution in [0.2, 0.25) is 5.02 Å². The van der Waals surface area contributed by atoms with Gasteiger partial charge in [0, 0.05) is 11.6 Å². The van der Waals surface area contributed by atoms with E-state index < -0.39 is 29.8 Å². The molecule has 1 aromatic heterocycles. The van der Waals surface area contributed by atoms with Gasteiger partial charge in [0.15, 0.2) is 11.5 Å². The highest BCUT2D eigenvalue weighted by molar-refractivity contribution is 6.33. The molecule has 0 radical (unpaired) electrons. The first-order valence-electron chi connectivity index (χ1n) is 8.84. The molecule has 2 heterocycles. The van der Waals surface area contributed by atoms with Crippen LogP contribution in [-0.4, -0.2) is 22.3 Å². The van der Waals surface area contributed by atoms with Gasteiger partial charge in [-0.05, 0) is 36.4 Å². The van der Waals surface area contributed by atoms with Crippen LogP contribution in [0.3, 0.4) is 0 Å². The Balaban J connectivity index is 1.50. The number of aromatic nitrogens is 2. The molecule has 0 atom stereocenters. The van der Waals surface area contributed by atoms with E-state index >= 15 is 0 Å². The number of fused-ring (bicyclic) bond motifs is 1. The average Bonchev–Trinajstić information content (AvgIpc) is 3.18. The van der Waals surface area contributed by atoms with E-state index in [1.807, 2.05) is 0 Å². The van der Waals surface area contributed by atoms with E-state index in [9.17, 15) is 22.8 Å². The van der Waals surface area contributed by atoms with Crippen LogP contribution >= 0.6 is 11.6 Å². The van der Waals surface area contributed by atoms with E-state index in [-0.39, 0.29) is 17.5 Å². The molecule has 11 heteroatoms. The van der Waals surface area contributed by atoms with Gasteiger partial charge in [-0.1, -0.05) is 11.6 Å². The number of ether oxygens (including phenoxy) is 2. The first kappa shape index (κ1) is 20.7. The number of nitrogens with zero attached hydrogens (tertiary/aromatic N) is 2. The van der Waals surface area contributed by atoms with Gasteiger partial charge < -0.3 is 14.8 Å². The van der Waals surface area contributed by atoms with Gasteiger partial charge in [0.25, 0.3) is 5.56 Å². The van der Waals surface area contributed by atoms with Gasteiger partial charge in [0.2, 0.25) is 12.7 Å². The van der Waals surface area contributed by atoms with Crippen molar-refractivity contribution in [3.05, 3.63) is 69.7 Å². The molecular weight excluding hydrogens is 439 g/mol. The van der Waals surface area contributed by atoms with Crippen molar-refractivity contribution in [3.8, 4) is 22.8 Å². The lowest BCUT2D eigenvalue weighted by Gasteiger charge is -2.12. The van der Waals surface area contributed by atoms with Crippen LogP contribution < -0.4 is 20.3 Å². The Labute approximate surface area is 178 Å². The summed E-state index contributed by atoms with van der Waals surface area (Å²) in [4.78, 5) is 28.8. The Morgan fingerprint density at radius 1 is 1.13 bits per heavy atom. The molecule has 2 aromatic carbocycles. The first-order valence-corrected chi connectivity index (χ1v) is 9.21. The summed E-state index contributed by atoms with van der Waals surface area (Å²) in [5, 5.41) is 2.22. The fourth-order valence-corrected chi connectivity index (χ4v) is 3.07. The number of nitrogens with one attached hydrogen (secondary N) is 1. The molecule has 4 rings (SSSR count). The van der Waals surface area contributed by atoms with Crippen LogP contribution in [0.25, 0.3) is 11.3 Å². The Hall–Kier alpha value is -3.53. The predicted molar refractivity (Wildman–Crippen MR) is 105 cm³/mol. The number of hydrogen-bond donors (Lipinski definition) is 1. The zero-order chi connectivity index (χ0) is 22.2. The summed E-state index contributed by atoms with van der Waals surface area (Å²) in [6, 6.07) is 8.89. The monoisotopic (exact) mass is 451 g/mol. The van der Waals surface area contributed by atoms with Crippen LogP contribution in [0.5, 0.6) is 11.5 Å². The summed E-state index contributed by atoms with van der Waals surface area (Å²) in [6.45, 7) is -0.349. The average molecular weight is 452 g/mol. The number of carbonyl (C=O) groups excluding carboxylic acids is 1. The van der Waals surface area contributed by atoms with Crippen LogP contribution in [0.15, 0.2) is 53.6 Å².